The first-order valence-corrected chi connectivity index (χ1v) is 8.22. The number of nitrogens with zero attached hydrogens (tertiary/aromatic N) is 1. The van der Waals surface area contributed by atoms with Gasteiger partial charge in [0.2, 0.25) is 5.91 Å². The fourth-order valence-electron chi connectivity index (χ4n) is 3.87. The molecule has 2 aromatic rings. The second kappa shape index (κ2) is 5.49. The van der Waals surface area contributed by atoms with Gasteiger partial charge in [0.05, 0.1) is 17.8 Å². The number of aliphatic hydroxyl groups excluding tert-OH is 1. The molecule has 3 atom stereocenters. The first-order valence-electron chi connectivity index (χ1n) is 8.22. The molecule has 1 amide bonds. The van der Waals surface area contributed by atoms with Crippen LogP contribution in [0.2, 0.25) is 0 Å². The topological polar surface area (TPSA) is 78.0 Å². The minimum absolute atomic E-state index is 0.0312. The van der Waals surface area contributed by atoms with Crippen molar-refractivity contribution in [2.45, 2.75) is 44.8 Å². The molecule has 0 fully saturated rings. The number of rotatable bonds is 2. The van der Waals surface area contributed by atoms with Gasteiger partial charge < -0.3 is 15.4 Å². The lowest BCUT2D eigenvalue weighted by atomic mass is 9.89. The van der Waals surface area contributed by atoms with Crippen molar-refractivity contribution in [3.63, 3.8) is 0 Å². The number of fused-ring (bicyclic) bond motifs is 2. The zero-order valence-corrected chi connectivity index (χ0v) is 13.2. The zero-order chi connectivity index (χ0) is 16.0. The summed E-state index contributed by atoms with van der Waals surface area (Å²) in [6, 6.07) is 7.65. The molecule has 4 rings (SSSR count). The van der Waals surface area contributed by atoms with Gasteiger partial charge in [0.25, 0.3) is 0 Å². The van der Waals surface area contributed by atoms with E-state index in [2.05, 4.69) is 15.3 Å². The van der Waals surface area contributed by atoms with Gasteiger partial charge in [-0.1, -0.05) is 24.3 Å². The summed E-state index contributed by atoms with van der Waals surface area (Å²) in [6.45, 7) is 1.94. The van der Waals surface area contributed by atoms with Crippen LogP contribution in [-0.4, -0.2) is 27.1 Å². The number of aromatic nitrogens is 2. The number of amides is 1. The Hall–Kier alpha value is -2.14. The van der Waals surface area contributed by atoms with E-state index in [1.54, 1.807) is 0 Å². The molecule has 1 aromatic carbocycles. The second-order valence-corrected chi connectivity index (χ2v) is 6.64. The summed E-state index contributed by atoms with van der Waals surface area (Å²) in [4.78, 5) is 20.4. The molecule has 2 aliphatic carbocycles. The summed E-state index contributed by atoms with van der Waals surface area (Å²) < 4.78 is 0. The van der Waals surface area contributed by atoms with Crippen molar-refractivity contribution in [1.29, 1.82) is 0 Å². The molecule has 0 radical (unpaired) electrons. The highest BCUT2D eigenvalue weighted by Crippen LogP contribution is 2.32. The van der Waals surface area contributed by atoms with Crippen LogP contribution in [0.25, 0.3) is 0 Å². The summed E-state index contributed by atoms with van der Waals surface area (Å²) in [5.41, 5.74) is 4.35. The van der Waals surface area contributed by atoms with Crippen LogP contribution >= 0.6 is 0 Å². The number of aromatic amines is 1. The molecule has 0 aliphatic heterocycles. The SMILES string of the molecule is Cc1nc2c([nH]1)CC(C(=O)NC1c3ccccc3CC1O)CC2. The van der Waals surface area contributed by atoms with Crippen molar-refractivity contribution in [1.82, 2.24) is 15.3 Å². The number of hydrogen-bond donors (Lipinski definition) is 3. The van der Waals surface area contributed by atoms with E-state index in [9.17, 15) is 9.90 Å². The Morgan fingerprint density at radius 1 is 1.35 bits per heavy atom. The predicted octanol–water partition coefficient (Wildman–Crippen LogP) is 1.60. The van der Waals surface area contributed by atoms with Crippen LogP contribution in [0.15, 0.2) is 24.3 Å². The molecular weight excluding hydrogens is 290 g/mol. The largest absolute Gasteiger partial charge is 0.390 e. The Kier molecular flexibility index (Phi) is 3.45. The van der Waals surface area contributed by atoms with E-state index in [0.717, 1.165) is 41.2 Å². The number of imidazole rings is 1. The lowest BCUT2D eigenvalue weighted by Gasteiger charge is -2.24. The van der Waals surface area contributed by atoms with Crippen molar-refractivity contribution in [2.75, 3.05) is 0 Å². The standard InChI is InChI=1S/C18H21N3O2/c1-10-19-14-7-6-12(8-15(14)20-10)18(23)21-17-13-5-3-2-4-11(13)9-16(17)22/h2-5,12,16-17,22H,6-9H2,1H3,(H,19,20)(H,21,23). The van der Waals surface area contributed by atoms with Gasteiger partial charge in [0, 0.05) is 24.5 Å². The van der Waals surface area contributed by atoms with E-state index in [4.69, 9.17) is 0 Å². The number of carbonyl (C=O) groups is 1. The molecule has 2 aliphatic rings. The number of nitrogens with one attached hydrogen (secondary N) is 2. The molecule has 0 saturated heterocycles. The Balaban J connectivity index is 1.49. The maximum Gasteiger partial charge on any atom is 0.224 e. The average molecular weight is 311 g/mol. The third-order valence-electron chi connectivity index (χ3n) is 5.04. The Morgan fingerprint density at radius 3 is 3.04 bits per heavy atom. The summed E-state index contributed by atoms with van der Waals surface area (Å²) in [7, 11) is 0. The van der Waals surface area contributed by atoms with E-state index in [0.29, 0.717) is 12.8 Å². The van der Waals surface area contributed by atoms with E-state index in [-0.39, 0.29) is 17.9 Å². The summed E-state index contributed by atoms with van der Waals surface area (Å²) in [6.07, 6.45) is 2.42. The van der Waals surface area contributed by atoms with Gasteiger partial charge in [0.15, 0.2) is 0 Å². The van der Waals surface area contributed by atoms with Gasteiger partial charge in [-0.15, -0.1) is 0 Å². The highest BCUT2D eigenvalue weighted by atomic mass is 16.3. The van der Waals surface area contributed by atoms with Crippen molar-refractivity contribution >= 4 is 5.91 Å². The van der Waals surface area contributed by atoms with Gasteiger partial charge in [-0.25, -0.2) is 4.98 Å². The maximum absolute atomic E-state index is 12.7. The Bertz CT molecular complexity index is 752. The average Bonchev–Trinajstić information content (AvgIpc) is 3.06. The van der Waals surface area contributed by atoms with Crippen LogP contribution in [0.3, 0.4) is 0 Å². The van der Waals surface area contributed by atoms with Gasteiger partial charge in [-0.3, -0.25) is 4.79 Å². The first kappa shape index (κ1) is 14.5. The van der Waals surface area contributed by atoms with Crippen LogP contribution in [0, 0.1) is 12.8 Å². The third-order valence-corrected chi connectivity index (χ3v) is 5.04. The quantitative estimate of drug-likeness (QED) is 0.788. The highest BCUT2D eigenvalue weighted by molar-refractivity contribution is 5.80. The molecule has 0 saturated carbocycles. The number of hydrogen-bond acceptors (Lipinski definition) is 3. The number of aliphatic hydroxyl groups is 1. The molecule has 3 unspecified atom stereocenters. The minimum Gasteiger partial charge on any atom is -0.390 e. The molecule has 5 nitrogen and oxygen atoms in total. The molecule has 5 heteroatoms. The fraction of sp³-hybridized carbons (Fsp3) is 0.444. The molecule has 23 heavy (non-hydrogen) atoms. The number of carbonyl (C=O) groups excluding carboxylic acids is 1. The molecule has 120 valence electrons. The van der Waals surface area contributed by atoms with Crippen molar-refractivity contribution in [3.8, 4) is 0 Å². The lowest BCUT2D eigenvalue weighted by Crippen LogP contribution is -2.39. The van der Waals surface area contributed by atoms with Crippen LogP contribution in [0.1, 0.15) is 40.8 Å². The van der Waals surface area contributed by atoms with E-state index in [1.807, 2.05) is 31.2 Å². The molecule has 3 N–H and O–H groups in total. The van der Waals surface area contributed by atoms with Crippen molar-refractivity contribution < 1.29 is 9.90 Å². The number of aryl methyl sites for hydroxylation is 2. The van der Waals surface area contributed by atoms with Crippen LogP contribution in [-0.2, 0) is 24.1 Å². The predicted molar refractivity (Wildman–Crippen MR) is 85.9 cm³/mol. The van der Waals surface area contributed by atoms with Gasteiger partial charge in [-0.2, -0.15) is 0 Å². The van der Waals surface area contributed by atoms with Gasteiger partial charge in [-0.05, 0) is 30.9 Å². The van der Waals surface area contributed by atoms with Crippen LogP contribution < -0.4 is 5.32 Å². The normalized spacial score (nSPS) is 25.7. The second-order valence-electron chi connectivity index (χ2n) is 6.64. The summed E-state index contributed by atoms with van der Waals surface area (Å²) in [5, 5.41) is 13.4. The van der Waals surface area contributed by atoms with E-state index < -0.39 is 6.10 Å². The molecule has 1 aromatic heterocycles. The number of H-pyrrole nitrogens is 1. The maximum atomic E-state index is 12.7. The monoisotopic (exact) mass is 311 g/mol. The molecule has 1 heterocycles. The molecule has 0 bridgehead atoms. The van der Waals surface area contributed by atoms with Crippen molar-refractivity contribution in [3.05, 3.63) is 52.6 Å². The first-order chi connectivity index (χ1) is 11.1. The summed E-state index contributed by atoms with van der Waals surface area (Å²) in [5.74, 6) is 0.891. The zero-order valence-electron chi connectivity index (χ0n) is 13.2. The molecule has 0 spiro atoms. The van der Waals surface area contributed by atoms with Gasteiger partial charge >= 0.3 is 0 Å². The third kappa shape index (κ3) is 2.55. The van der Waals surface area contributed by atoms with Crippen LogP contribution in [0.5, 0.6) is 0 Å². The fourth-order valence-corrected chi connectivity index (χ4v) is 3.87. The van der Waals surface area contributed by atoms with E-state index >= 15 is 0 Å². The van der Waals surface area contributed by atoms with Crippen LogP contribution in [0.4, 0.5) is 0 Å². The molecular formula is C18H21N3O2. The van der Waals surface area contributed by atoms with Gasteiger partial charge in [0.1, 0.15) is 5.82 Å². The Morgan fingerprint density at radius 2 is 2.17 bits per heavy atom. The Labute approximate surface area is 135 Å². The smallest absolute Gasteiger partial charge is 0.224 e. The minimum atomic E-state index is -0.537. The number of benzene rings is 1. The lowest BCUT2D eigenvalue weighted by molar-refractivity contribution is -0.126. The van der Waals surface area contributed by atoms with Crippen molar-refractivity contribution in [2.24, 2.45) is 5.92 Å². The summed E-state index contributed by atoms with van der Waals surface area (Å²) >= 11 is 0. The highest BCUT2D eigenvalue weighted by Gasteiger charge is 2.34. The van der Waals surface area contributed by atoms with E-state index in [1.165, 1.54) is 0 Å².